The molecule has 26 heavy (non-hydrogen) atoms. The summed E-state index contributed by atoms with van der Waals surface area (Å²) in [5.74, 6) is -1.39. The van der Waals surface area contributed by atoms with Crippen LogP contribution in [0.25, 0.3) is 0 Å². The van der Waals surface area contributed by atoms with Crippen molar-refractivity contribution < 1.29 is 14.7 Å². The number of aromatic carboxylic acids is 1. The number of carbonyl (C=O) groups is 2. The Morgan fingerprint density at radius 1 is 1.19 bits per heavy atom. The van der Waals surface area contributed by atoms with Crippen molar-refractivity contribution in [2.24, 2.45) is 0 Å². The fourth-order valence-corrected chi connectivity index (χ4v) is 2.59. The van der Waals surface area contributed by atoms with Crippen LogP contribution in [0.5, 0.6) is 0 Å². The number of hydrogen-bond donors (Lipinski definition) is 4. The summed E-state index contributed by atoms with van der Waals surface area (Å²) in [5, 5.41) is 17.2. The molecule has 1 amide bonds. The largest absolute Gasteiger partial charge is 0.478 e. The van der Waals surface area contributed by atoms with E-state index in [2.05, 4.69) is 16.0 Å². The van der Waals surface area contributed by atoms with Crippen LogP contribution in [0.4, 0.5) is 5.69 Å². The smallest absolute Gasteiger partial charge is 0.337 e. The van der Waals surface area contributed by atoms with E-state index in [1.807, 2.05) is 6.92 Å². The highest BCUT2D eigenvalue weighted by molar-refractivity contribution is 7.80. The molecule has 144 valence electrons. The van der Waals surface area contributed by atoms with Gasteiger partial charge in [0.15, 0.2) is 5.11 Å². The van der Waals surface area contributed by atoms with Crippen LogP contribution in [-0.4, -0.2) is 32.1 Å². The molecule has 4 N–H and O–H groups in total. The lowest BCUT2D eigenvalue weighted by atomic mass is 10.2. The van der Waals surface area contributed by atoms with E-state index in [-0.39, 0.29) is 22.3 Å². The van der Waals surface area contributed by atoms with Crippen molar-refractivity contribution in [1.82, 2.24) is 10.6 Å². The van der Waals surface area contributed by atoms with Gasteiger partial charge in [0.2, 0.25) is 9.70 Å². The third-order valence-corrected chi connectivity index (χ3v) is 4.20. The molecule has 1 rings (SSSR count). The van der Waals surface area contributed by atoms with E-state index < -0.39 is 15.9 Å². The minimum atomic E-state index is -1.86. The molecule has 0 aromatic heterocycles. The number of carboxylic acids is 1. The highest BCUT2D eigenvalue weighted by Crippen LogP contribution is 2.29. The number of carboxylic acid groups (broad SMARTS) is 1. The Labute approximate surface area is 172 Å². The first-order chi connectivity index (χ1) is 12.1. The summed E-state index contributed by atoms with van der Waals surface area (Å²) in [6.07, 6.45) is 1.85. The van der Waals surface area contributed by atoms with Crippen molar-refractivity contribution in [3.05, 3.63) is 29.8 Å². The van der Waals surface area contributed by atoms with Gasteiger partial charge in [-0.15, -0.1) is 0 Å². The first kappa shape index (κ1) is 22.8. The van der Waals surface area contributed by atoms with E-state index in [4.69, 9.17) is 47.0 Å². The van der Waals surface area contributed by atoms with Crippen molar-refractivity contribution in [3.63, 3.8) is 0 Å². The third kappa shape index (κ3) is 7.95. The molecule has 0 saturated carbocycles. The van der Waals surface area contributed by atoms with Crippen molar-refractivity contribution in [1.29, 1.82) is 0 Å². The van der Waals surface area contributed by atoms with Gasteiger partial charge in [-0.3, -0.25) is 4.79 Å². The van der Waals surface area contributed by atoms with Crippen LogP contribution in [0.3, 0.4) is 0 Å². The van der Waals surface area contributed by atoms with Gasteiger partial charge in [0.05, 0.1) is 11.3 Å². The summed E-state index contributed by atoms with van der Waals surface area (Å²) in [5.41, 5.74) is 0.306. The number of halogens is 3. The second-order valence-corrected chi connectivity index (χ2v) is 8.23. The number of benzene rings is 1. The standard InChI is InChI=1S/C16H20Cl3N3O3S/c1-2-3-4-9-12(23)21-14(16(17,18)19)22-15(26)20-11-8-6-5-7-10(11)13(24)25/h5-8,14H,2-4,9H2,1H3,(H,21,23)(H,24,25)(H2,20,22,26). The molecule has 0 fully saturated rings. The minimum Gasteiger partial charge on any atom is -0.478 e. The monoisotopic (exact) mass is 439 g/mol. The molecule has 0 aliphatic rings. The fraction of sp³-hybridized carbons (Fsp3) is 0.438. The number of carbonyl (C=O) groups excluding carboxylic acids is 1. The summed E-state index contributed by atoms with van der Waals surface area (Å²) in [6.45, 7) is 2.03. The number of amides is 1. The molecular weight excluding hydrogens is 421 g/mol. The van der Waals surface area contributed by atoms with E-state index in [9.17, 15) is 14.7 Å². The Kier molecular flexibility index (Phi) is 9.43. The van der Waals surface area contributed by atoms with Crippen LogP contribution >= 0.6 is 47.0 Å². The zero-order chi connectivity index (χ0) is 19.7. The lowest BCUT2D eigenvalue weighted by molar-refractivity contribution is -0.122. The molecule has 6 nitrogen and oxygen atoms in total. The highest BCUT2D eigenvalue weighted by atomic mass is 35.6. The Hall–Kier alpha value is -1.28. The molecular formula is C16H20Cl3N3O3S. The van der Waals surface area contributed by atoms with E-state index in [1.165, 1.54) is 6.07 Å². The number of unbranched alkanes of at least 4 members (excludes halogenated alkanes) is 2. The van der Waals surface area contributed by atoms with Gasteiger partial charge in [-0.2, -0.15) is 0 Å². The average Bonchev–Trinajstić information content (AvgIpc) is 2.54. The number of nitrogens with one attached hydrogen (secondary N) is 3. The number of rotatable bonds is 8. The molecule has 1 aromatic rings. The SMILES string of the molecule is CCCCCC(=O)NC(NC(=S)Nc1ccccc1C(=O)O)C(Cl)(Cl)Cl. The second-order valence-electron chi connectivity index (χ2n) is 5.45. The zero-order valence-corrected chi connectivity index (χ0v) is 17.1. The summed E-state index contributed by atoms with van der Waals surface area (Å²) in [4.78, 5) is 23.2. The van der Waals surface area contributed by atoms with Gasteiger partial charge in [-0.05, 0) is 30.8 Å². The van der Waals surface area contributed by atoms with Gasteiger partial charge in [0.25, 0.3) is 0 Å². The van der Waals surface area contributed by atoms with Gasteiger partial charge in [0.1, 0.15) is 6.17 Å². The molecule has 0 heterocycles. The normalized spacial score (nSPS) is 12.2. The zero-order valence-electron chi connectivity index (χ0n) is 14.0. The van der Waals surface area contributed by atoms with Crippen LogP contribution < -0.4 is 16.0 Å². The molecule has 1 aromatic carbocycles. The lowest BCUT2D eigenvalue weighted by Crippen LogP contribution is -2.56. The summed E-state index contributed by atoms with van der Waals surface area (Å²) in [7, 11) is 0. The van der Waals surface area contributed by atoms with Gasteiger partial charge in [-0.25, -0.2) is 4.79 Å². The number of alkyl halides is 3. The third-order valence-electron chi connectivity index (χ3n) is 3.32. The lowest BCUT2D eigenvalue weighted by Gasteiger charge is -2.28. The predicted octanol–water partition coefficient (Wildman–Crippen LogP) is 4.06. The van der Waals surface area contributed by atoms with Crippen LogP contribution in [-0.2, 0) is 4.79 Å². The summed E-state index contributed by atoms with van der Waals surface area (Å²) in [6, 6.07) is 6.21. The number of para-hydroxylation sites is 1. The Morgan fingerprint density at radius 3 is 2.42 bits per heavy atom. The second kappa shape index (κ2) is 10.8. The maximum absolute atomic E-state index is 12.0. The quantitative estimate of drug-likeness (QED) is 0.211. The number of thiocarbonyl (C=S) groups is 1. The molecule has 10 heteroatoms. The molecule has 0 saturated heterocycles. The van der Waals surface area contributed by atoms with Gasteiger partial charge >= 0.3 is 5.97 Å². The van der Waals surface area contributed by atoms with E-state index in [1.54, 1.807) is 18.2 Å². The molecule has 0 aliphatic heterocycles. The average molecular weight is 441 g/mol. The van der Waals surface area contributed by atoms with Crippen LogP contribution in [0.15, 0.2) is 24.3 Å². The van der Waals surface area contributed by atoms with Crippen LogP contribution in [0.2, 0.25) is 0 Å². The first-order valence-electron chi connectivity index (χ1n) is 7.91. The Bertz CT molecular complexity index is 653. The predicted molar refractivity (Wildman–Crippen MR) is 109 cm³/mol. The van der Waals surface area contributed by atoms with Gasteiger partial charge in [-0.1, -0.05) is 66.7 Å². The van der Waals surface area contributed by atoms with Crippen molar-refractivity contribution in [3.8, 4) is 0 Å². The highest BCUT2D eigenvalue weighted by Gasteiger charge is 2.34. The molecule has 1 atom stereocenters. The Balaban J connectivity index is 2.75. The van der Waals surface area contributed by atoms with Crippen molar-refractivity contribution in [2.75, 3.05) is 5.32 Å². The molecule has 0 radical (unpaired) electrons. The summed E-state index contributed by atoms with van der Waals surface area (Å²) < 4.78 is -1.86. The van der Waals surface area contributed by atoms with Crippen LogP contribution in [0.1, 0.15) is 43.0 Å². The number of hydrogen-bond acceptors (Lipinski definition) is 3. The van der Waals surface area contributed by atoms with Gasteiger partial charge in [0, 0.05) is 6.42 Å². The van der Waals surface area contributed by atoms with Gasteiger partial charge < -0.3 is 21.1 Å². The van der Waals surface area contributed by atoms with Crippen LogP contribution in [0, 0.1) is 0 Å². The number of anilines is 1. The maximum Gasteiger partial charge on any atom is 0.337 e. The Morgan fingerprint density at radius 2 is 1.85 bits per heavy atom. The summed E-state index contributed by atoms with van der Waals surface area (Å²) >= 11 is 22.9. The fourth-order valence-electron chi connectivity index (χ4n) is 2.04. The van der Waals surface area contributed by atoms with Crippen molar-refractivity contribution in [2.45, 2.75) is 42.6 Å². The maximum atomic E-state index is 12.0. The van der Waals surface area contributed by atoms with E-state index in [0.717, 1.165) is 19.3 Å². The molecule has 0 aliphatic carbocycles. The van der Waals surface area contributed by atoms with E-state index >= 15 is 0 Å². The first-order valence-corrected chi connectivity index (χ1v) is 9.45. The van der Waals surface area contributed by atoms with Crippen molar-refractivity contribution >= 4 is 69.7 Å². The minimum absolute atomic E-state index is 0.00360. The molecule has 0 bridgehead atoms. The molecule has 0 spiro atoms. The molecule has 1 unspecified atom stereocenters. The topological polar surface area (TPSA) is 90.5 Å². The van der Waals surface area contributed by atoms with E-state index in [0.29, 0.717) is 6.42 Å².